The lowest BCUT2D eigenvalue weighted by molar-refractivity contribution is -0.115. The summed E-state index contributed by atoms with van der Waals surface area (Å²) in [4.78, 5) is 23.3. The number of anilines is 1. The van der Waals surface area contributed by atoms with E-state index in [1.807, 2.05) is 54.6 Å². The van der Waals surface area contributed by atoms with Gasteiger partial charge in [0.25, 0.3) is 0 Å². The third-order valence-electron chi connectivity index (χ3n) is 7.63. The first-order chi connectivity index (χ1) is 20.5. The molecule has 3 N–H and O–H groups in total. The van der Waals surface area contributed by atoms with Crippen LogP contribution in [0.1, 0.15) is 41.5 Å². The first-order valence-corrected chi connectivity index (χ1v) is 14.4. The number of rotatable bonds is 8. The second-order valence-electron chi connectivity index (χ2n) is 10.8. The van der Waals surface area contributed by atoms with Gasteiger partial charge >= 0.3 is 0 Å². The van der Waals surface area contributed by atoms with Gasteiger partial charge in [-0.05, 0) is 79.5 Å². The van der Waals surface area contributed by atoms with E-state index in [0.717, 1.165) is 36.3 Å². The van der Waals surface area contributed by atoms with E-state index in [2.05, 4.69) is 27.3 Å². The number of aromatic nitrogens is 1. The lowest BCUT2D eigenvalue weighted by Gasteiger charge is -2.26. The molecule has 0 saturated carbocycles. The zero-order chi connectivity index (χ0) is 28.9. The molecular weight excluding hydrogens is 527 g/mol. The molecular formula is C35H33FN4O2. The summed E-state index contributed by atoms with van der Waals surface area (Å²) >= 11 is 0. The van der Waals surface area contributed by atoms with Gasteiger partial charge in [0.2, 0.25) is 5.91 Å². The first-order valence-electron chi connectivity index (χ1n) is 14.4. The van der Waals surface area contributed by atoms with E-state index >= 15 is 0 Å². The molecule has 4 aromatic carbocycles. The highest BCUT2D eigenvalue weighted by Gasteiger charge is 2.20. The normalized spacial score (nSPS) is 14.3. The number of aliphatic imine (C=N–C) groups is 1. The average molecular weight is 561 g/mol. The second-order valence-corrected chi connectivity index (χ2v) is 10.8. The Hall–Kier alpha value is -4.75. The highest BCUT2D eigenvalue weighted by atomic mass is 19.1. The predicted molar refractivity (Wildman–Crippen MR) is 166 cm³/mol. The Morgan fingerprint density at radius 1 is 0.881 bits per heavy atom. The smallest absolute Gasteiger partial charge is 0.228 e. The van der Waals surface area contributed by atoms with Gasteiger partial charge in [0, 0.05) is 28.7 Å². The van der Waals surface area contributed by atoms with Gasteiger partial charge < -0.3 is 15.4 Å². The van der Waals surface area contributed by atoms with Gasteiger partial charge in [-0.25, -0.2) is 9.38 Å². The molecule has 0 spiro atoms. The van der Waals surface area contributed by atoms with E-state index < -0.39 is 0 Å². The van der Waals surface area contributed by atoms with Crippen molar-refractivity contribution in [3.8, 4) is 5.88 Å². The monoisotopic (exact) mass is 560 g/mol. The molecule has 6 rings (SSSR count). The molecule has 1 aromatic heterocycles. The molecule has 212 valence electrons. The van der Waals surface area contributed by atoms with Crippen LogP contribution in [0.15, 0.2) is 102 Å². The Kier molecular flexibility index (Phi) is 8.10. The number of nitrogens with zero attached hydrogens (tertiary/aromatic N) is 2. The third-order valence-corrected chi connectivity index (χ3v) is 7.63. The van der Waals surface area contributed by atoms with E-state index in [-0.39, 0.29) is 24.0 Å². The molecule has 6 nitrogen and oxygen atoms in total. The maximum absolute atomic E-state index is 13.6. The number of fused-ring (bicyclic) bond motifs is 1. The minimum Gasteiger partial charge on any atom is -0.494 e. The summed E-state index contributed by atoms with van der Waals surface area (Å²) in [6.45, 7) is 3.22. The van der Waals surface area contributed by atoms with Crippen molar-refractivity contribution in [3.63, 3.8) is 0 Å². The van der Waals surface area contributed by atoms with E-state index in [4.69, 9.17) is 4.99 Å². The summed E-state index contributed by atoms with van der Waals surface area (Å²) in [5, 5.41) is 14.7. The number of H-pyrrole nitrogens is 1. The third kappa shape index (κ3) is 6.42. The van der Waals surface area contributed by atoms with Gasteiger partial charge in [-0.1, -0.05) is 61.0 Å². The standard InChI is InChI=1S/C35H33FN4O2/c36-27-11-7-8-25(20-27)21-32(41)37-29-16-17-31-30(22-29)33(35(42)39-31)34(26-9-3-1-4-10-26)38-28-14-12-24(13-15-28)23-40-18-5-2-6-19-40/h1,3-4,7-17,20,22,39,42H,2,5-6,18-19,21,23H2,(H,37,41). The molecule has 42 heavy (non-hydrogen) atoms. The Labute approximate surface area is 244 Å². The van der Waals surface area contributed by atoms with Crippen LogP contribution in [-0.4, -0.2) is 39.7 Å². The number of halogens is 1. The van der Waals surface area contributed by atoms with Crippen LogP contribution in [-0.2, 0) is 17.8 Å². The van der Waals surface area contributed by atoms with Gasteiger partial charge in [-0.2, -0.15) is 0 Å². The van der Waals surface area contributed by atoms with Crippen LogP contribution in [0.2, 0.25) is 0 Å². The fourth-order valence-electron chi connectivity index (χ4n) is 5.57. The number of amides is 1. The quantitative estimate of drug-likeness (QED) is 0.174. The molecule has 2 heterocycles. The molecule has 1 fully saturated rings. The predicted octanol–water partition coefficient (Wildman–Crippen LogP) is 7.35. The molecule has 0 aliphatic carbocycles. The summed E-state index contributed by atoms with van der Waals surface area (Å²) in [6.07, 6.45) is 3.88. The van der Waals surface area contributed by atoms with Crippen molar-refractivity contribution < 1.29 is 14.3 Å². The summed E-state index contributed by atoms with van der Waals surface area (Å²) in [6, 6.07) is 29.5. The minimum atomic E-state index is -0.376. The number of piperidine rings is 1. The van der Waals surface area contributed by atoms with Gasteiger partial charge in [0.05, 0.1) is 23.4 Å². The summed E-state index contributed by atoms with van der Waals surface area (Å²) in [7, 11) is 0. The van der Waals surface area contributed by atoms with Crippen molar-refractivity contribution in [1.82, 2.24) is 9.88 Å². The number of likely N-dealkylation sites (tertiary alicyclic amines) is 1. The zero-order valence-corrected chi connectivity index (χ0v) is 23.3. The summed E-state index contributed by atoms with van der Waals surface area (Å²) in [5.41, 5.74) is 5.93. The van der Waals surface area contributed by atoms with E-state index in [1.54, 1.807) is 18.2 Å². The fraction of sp³-hybridized carbons (Fsp3) is 0.200. The molecule has 7 heteroatoms. The highest BCUT2D eigenvalue weighted by Crippen LogP contribution is 2.33. The molecule has 1 aliphatic heterocycles. The number of aromatic amines is 1. The van der Waals surface area contributed by atoms with Crippen LogP contribution in [0.25, 0.3) is 10.9 Å². The maximum Gasteiger partial charge on any atom is 0.228 e. The fourth-order valence-corrected chi connectivity index (χ4v) is 5.57. The Balaban J connectivity index is 1.31. The van der Waals surface area contributed by atoms with Gasteiger partial charge in [0.15, 0.2) is 5.88 Å². The maximum atomic E-state index is 13.6. The van der Waals surface area contributed by atoms with E-state index in [9.17, 15) is 14.3 Å². The van der Waals surface area contributed by atoms with Gasteiger partial charge in [-0.15, -0.1) is 0 Å². The van der Waals surface area contributed by atoms with Crippen LogP contribution in [0.5, 0.6) is 5.88 Å². The molecule has 0 radical (unpaired) electrons. The number of hydrogen-bond donors (Lipinski definition) is 3. The Morgan fingerprint density at radius 2 is 1.67 bits per heavy atom. The lowest BCUT2D eigenvalue weighted by Crippen LogP contribution is -2.28. The van der Waals surface area contributed by atoms with Crippen LogP contribution in [0, 0.1) is 5.82 Å². The molecule has 5 aromatic rings. The van der Waals surface area contributed by atoms with E-state index in [1.165, 1.54) is 37.0 Å². The molecule has 0 unspecified atom stereocenters. The molecule has 1 aliphatic rings. The van der Waals surface area contributed by atoms with Crippen molar-refractivity contribution in [2.75, 3.05) is 18.4 Å². The van der Waals surface area contributed by atoms with Crippen LogP contribution >= 0.6 is 0 Å². The largest absolute Gasteiger partial charge is 0.494 e. The average Bonchev–Trinajstić information content (AvgIpc) is 3.32. The van der Waals surface area contributed by atoms with Crippen molar-refractivity contribution in [3.05, 3.63) is 125 Å². The number of nitrogens with one attached hydrogen (secondary N) is 2. The number of carbonyl (C=O) groups is 1. The van der Waals surface area contributed by atoms with Crippen molar-refractivity contribution in [2.24, 2.45) is 4.99 Å². The SMILES string of the molecule is O=C(Cc1cccc(F)c1)Nc1ccc2[nH]c(O)c(C(=Nc3ccc(CN4CCCCC4)cc3)c3ccccc3)c2c1. The number of carbonyl (C=O) groups excluding carboxylic acids is 1. The minimum absolute atomic E-state index is 0.00226. The van der Waals surface area contributed by atoms with Crippen molar-refractivity contribution in [1.29, 1.82) is 0 Å². The van der Waals surface area contributed by atoms with Crippen LogP contribution in [0.4, 0.5) is 15.8 Å². The number of hydrogen-bond acceptors (Lipinski definition) is 4. The molecule has 0 bridgehead atoms. The van der Waals surface area contributed by atoms with Crippen LogP contribution < -0.4 is 5.32 Å². The molecule has 1 saturated heterocycles. The lowest BCUT2D eigenvalue weighted by atomic mass is 10.0. The summed E-state index contributed by atoms with van der Waals surface area (Å²) < 4.78 is 13.6. The second kappa shape index (κ2) is 12.4. The number of aromatic hydroxyl groups is 1. The summed E-state index contributed by atoms with van der Waals surface area (Å²) in [5.74, 6) is -0.640. The van der Waals surface area contributed by atoms with Crippen LogP contribution in [0.3, 0.4) is 0 Å². The van der Waals surface area contributed by atoms with Crippen molar-refractivity contribution in [2.45, 2.75) is 32.2 Å². The topological polar surface area (TPSA) is 80.7 Å². The highest BCUT2D eigenvalue weighted by molar-refractivity contribution is 6.22. The molecule has 0 atom stereocenters. The van der Waals surface area contributed by atoms with Gasteiger partial charge in [-0.3, -0.25) is 9.69 Å². The Bertz CT molecular complexity index is 1720. The number of benzene rings is 4. The first kappa shape index (κ1) is 27.4. The Morgan fingerprint density at radius 3 is 2.43 bits per heavy atom. The van der Waals surface area contributed by atoms with Crippen molar-refractivity contribution >= 4 is 33.9 Å². The zero-order valence-electron chi connectivity index (χ0n) is 23.3. The molecule has 1 amide bonds. The van der Waals surface area contributed by atoms with Gasteiger partial charge in [0.1, 0.15) is 5.82 Å². The van der Waals surface area contributed by atoms with E-state index in [0.29, 0.717) is 28.0 Å².